The van der Waals surface area contributed by atoms with E-state index in [2.05, 4.69) is 11.8 Å². The van der Waals surface area contributed by atoms with Crippen molar-refractivity contribution in [3.05, 3.63) is 0 Å². The highest BCUT2D eigenvalue weighted by Crippen LogP contribution is 2.33. The van der Waals surface area contributed by atoms with Gasteiger partial charge < -0.3 is 4.90 Å². The molecule has 2 rings (SSSR count). The molecule has 13 heavy (non-hydrogen) atoms. The van der Waals surface area contributed by atoms with Gasteiger partial charge in [-0.15, -0.1) is 0 Å². The number of rotatable bonds is 7. The molecule has 2 aliphatic carbocycles. The van der Waals surface area contributed by atoms with Crippen molar-refractivity contribution in [2.24, 2.45) is 11.8 Å². The average molecular weight is 181 g/mol. The lowest BCUT2D eigenvalue weighted by molar-refractivity contribution is 0.249. The first-order valence-electron chi connectivity index (χ1n) is 6.11. The van der Waals surface area contributed by atoms with Crippen LogP contribution in [0.15, 0.2) is 0 Å². The molecule has 0 N–H and O–H groups in total. The Kier molecular flexibility index (Phi) is 3.26. The van der Waals surface area contributed by atoms with E-state index < -0.39 is 0 Å². The topological polar surface area (TPSA) is 3.24 Å². The van der Waals surface area contributed by atoms with Gasteiger partial charge in [-0.3, -0.25) is 0 Å². The van der Waals surface area contributed by atoms with Gasteiger partial charge in [0.15, 0.2) is 0 Å². The van der Waals surface area contributed by atoms with Crippen LogP contribution in [0.2, 0.25) is 0 Å². The van der Waals surface area contributed by atoms with Crippen LogP contribution >= 0.6 is 0 Å². The first-order valence-corrected chi connectivity index (χ1v) is 6.11. The summed E-state index contributed by atoms with van der Waals surface area (Å²) in [6.07, 6.45) is 8.78. The van der Waals surface area contributed by atoms with Crippen molar-refractivity contribution in [2.45, 2.75) is 45.4 Å². The van der Waals surface area contributed by atoms with Gasteiger partial charge in [-0.25, -0.2) is 0 Å². The summed E-state index contributed by atoms with van der Waals surface area (Å²) in [7, 11) is 0. The van der Waals surface area contributed by atoms with Crippen molar-refractivity contribution in [2.75, 3.05) is 19.6 Å². The summed E-state index contributed by atoms with van der Waals surface area (Å²) in [5, 5.41) is 0. The molecular weight excluding hydrogens is 158 g/mol. The lowest BCUT2D eigenvalue weighted by Gasteiger charge is -2.21. The SMILES string of the molecule is CCCCN(CC1CC1)CC1CC1. The predicted molar refractivity (Wildman–Crippen MR) is 56.8 cm³/mol. The van der Waals surface area contributed by atoms with Crippen LogP contribution in [0.5, 0.6) is 0 Å². The fourth-order valence-electron chi connectivity index (χ4n) is 1.97. The second-order valence-electron chi connectivity index (χ2n) is 5.00. The third-order valence-corrected chi connectivity index (χ3v) is 3.25. The number of hydrogen-bond donors (Lipinski definition) is 0. The fourth-order valence-corrected chi connectivity index (χ4v) is 1.97. The predicted octanol–water partition coefficient (Wildman–Crippen LogP) is 2.91. The highest BCUT2D eigenvalue weighted by atomic mass is 15.1. The van der Waals surface area contributed by atoms with Crippen LogP contribution in [-0.2, 0) is 0 Å². The molecule has 0 saturated heterocycles. The van der Waals surface area contributed by atoms with Gasteiger partial charge >= 0.3 is 0 Å². The molecule has 1 heteroatoms. The van der Waals surface area contributed by atoms with E-state index in [-0.39, 0.29) is 0 Å². The standard InChI is InChI=1S/C12H23N/c1-2-3-8-13(9-11-4-5-11)10-12-6-7-12/h11-12H,2-10H2,1H3. The summed E-state index contributed by atoms with van der Waals surface area (Å²) in [6.45, 7) is 6.49. The minimum absolute atomic E-state index is 1.08. The molecule has 0 heterocycles. The van der Waals surface area contributed by atoms with Gasteiger partial charge in [-0.2, -0.15) is 0 Å². The van der Waals surface area contributed by atoms with Gasteiger partial charge in [0.2, 0.25) is 0 Å². The van der Waals surface area contributed by atoms with Crippen LogP contribution < -0.4 is 0 Å². The summed E-state index contributed by atoms with van der Waals surface area (Å²) >= 11 is 0. The first-order chi connectivity index (χ1) is 6.38. The van der Waals surface area contributed by atoms with Crippen molar-refractivity contribution in [3.8, 4) is 0 Å². The van der Waals surface area contributed by atoms with Gasteiger partial charge in [0.1, 0.15) is 0 Å². The number of hydrogen-bond acceptors (Lipinski definition) is 1. The Bertz CT molecular complexity index is 133. The minimum Gasteiger partial charge on any atom is -0.303 e. The molecule has 0 unspecified atom stereocenters. The van der Waals surface area contributed by atoms with E-state index in [1.807, 2.05) is 0 Å². The molecule has 0 aliphatic heterocycles. The van der Waals surface area contributed by atoms with Gasteiger partial charge in [0.25, 0.3) is 0 Å². The van der Waals surface area contributed by atoms with Crippen LogP contribution in [0.1, 0.15) is 45.4 Å². The van der Waals surface area contributed by atoms with Crippen molar-refractivity contribution >= 4 is 0 Å². The summed E-state index contributed by atoms with van der Waals surface area (Å²) in [4.78, 5) is 2.73. The van der Waals surface area contributed by atoms with E-state index in [1.54, 1.807) is 0 Å². The molecule has 0 aromatic carbocycles. The smallest absolute Gasteiger partial charge is 0.000978 e. The molecule has 0 radical (unpaired) electrons. The van der Waals surface area contributed by atoms with Crippen molar-refractivity contribution in [3.63, 3.8) is 0 Å². The van der Waals surface area contributed by atoms with Gasteiger partial charge in [-0.05, 0) is 50.5 Å². The van der Waals surface area contributed by atoms with E-state index in [0.29, 0.717) is 0 Å². The van der Waals surface area contributed by atoms with Crippen LogP contribution in [0, 0.1) is 11.8 Å². The lowest BCUT2D eigenvalue weighted by atomic mass is 10.2. The van der Waals surface area contributed by atoms with E-state index in [0.717, 1.165) is 11.8 Å². The monoisotopic (exact) mass is 181 g/mol. The van der Waals surface area contributed by atoms with Gasteiger partial charge in [-0.1, -0.05) is 13.3 Å². The molecule has 0 atom stereocenters. The summed E-state index contributed by atoms with van der Waals surface area (Å²) in [5.41, 5.74) is 0. The van der Waals surface area contributed by atoms with Gasteiger partial charge in [0.05, 0.1) is 0 Å². The Balaban J connectivity index is 1.64. The Morgan fingerprint density at radius 2 is 1.54 bits per heavy atom. The fraction of sp³-hybridized carbons (Fsp3) is 1.00. The van der Waals surface area contributed by atoms with E-state index >= 15 is 0 Å². The number of unbranched alkanes of at least 4 members (excludes halogenated alkanes) is 1. The highest BCUT2D eigenvalue weighted by Gasteiger charge is 2.28. The Labute approximate surface area is 82.5 Å². The molecule has 2 saturated carbocycles. The van der Waals surface area contributed by atoms with Gasteiger partial charge in [0, 0.05) is 13.1 Å². The third-order valence-electron chi connectivity index (χ3n) is 3.25. The minimum atomic E-state index is 1.08. The largest absolute Gasteiger partial charge is 0.303 e. The molecule has 1 nitrogen and oxygen atoms in total. The normalized spacial score (nSPS) is 22.6. The number of nitrogens with zero attached hydrogens (tertiary/aromatic N) is 1. The van der Waals surface area contributed by atoms with E-state index in [9.17, 15) is 0 Å². The second-order valence-corrected chi connectivity index (χ2v) is 5.00. The first kappa shape index (κ1) is 9.51. The molecule has 0 spiro atoms. The highest BCUT2D eigenvalue weighted by molar-refractivity contribution is 4.82. The van der Waals surface area contributed by atoms with Crippen molar-refractivity contribution in [1.29, 1.82) is 0 Å². The zero-order valence-electron chi connectivity index (χ0n) is 8.97. The van der Waals surface area contributed by atoms with Crippen LogP contribution in [0.25, 0.3) is 0 Å². The van der Waals surface area contributed by atoms with Crippen molar-refractivity contribution < 1.29 is 0 Å². The summed E-state index contributed by atoms with van der Waals surface area (Å²) in [6, 6.07) is 0. The van der Waals surface area contributed by atoms with Crippen molar-refractivity contribution in [1.82, 2.24) is 4.90 Å². The van der Waals surface area contributed by atoms with E-state index in [1.165, 1.54) is 58.2 Å². The Morgan fingerprint density at radius 3 is 1.92 bits per heavy atom. The summed E-state index contributed by atoms with van der Waals surface area (Å²) in [5.74, 6) is 2.16. The van der Waals surface area contributed by atoms with Crippen LogP contribution in [0.3, 0.4) is 0 Å². The molecule has 2 aliphatic rings. The van der Waals surface area contributed by atoms with Crippen LogP contribution in [0.4, 0.5) is 0 Å². The molecular formula is C12H23N. The molecule has 76 valence electrons. The van der Waals surface area contributed by atoms with Crippen LogP contribution in [-0.4, -0.2) is 24.5 Å². The molecule has 2 fully saturated rings. The maximum absolute atomic E-state index is 2.73. The van der Waals surface area contributed by atoms with E-state index in [4.69, 9.17) is 0 Å². The third kappa shape index (κ3) is 3.68. The average Bonchev–Trinajstić information content (AvgIpc) is 2.94. The maximum Gasteiger partial charge on any atom is 0.000978 e. The zero-order chi connectivity index (χ0) is 9.10. The molecule has 0 amide bonds. The quantitative estimate of drug-likeness (QED) is 0.584. The molecule has 0 aromatic rings. The molecule has 0 bridgehead atoms. The second kappa shape index (κ2) is 4.45. The lowest BCUT2D eigenvalue weighted by Crippen LogP contribution is -2.29. The Morgan fingerprint density at radius 1 is 1.00 bits per heavy atom. The maximum atomic E-state index is 2.73. The zero-order valence-corrected chi connectivity index (χ0v) is 8.97. The molecule has 0 aromatic heterocycles. The Hall–Kier alpha value is -0.0400. The summed E-state index contributed by atoms with van der Waals surface area (Å²) < 4.78 is 0.